The van der Waals surface area contributed by atoms with E-state index in [1.54, 1.807) is 6.07 Å². The fraction of sp³-hybridized carbons (Fsp3) is 0. The minimum Gasteiger partial charge on any atom is -0.350 e. The van der Waals surface area contributed by atoms with Crippen molar-refractivity contribution < 1.29 is 9.32 Å². The number of hydrogen-bond donors (Lipinski definition) is 2. The van der Waals surface area contributed by atoms with E-state index in [0.29, 0.717) is 11.6 Å². The van der Waals surface area contributed by atoms with Crippen LogP contribution in [-0.4, -0.2) is 21.0 Å². The van der Waals surface area contributed by atoms with Gasteiger partial charge in [0.05, 0.1) is 11.0 Å². The highest BCUT2D eigenvalue weighted by molar-refractivity contribution is 6.02. The van der Waals surface area contributed by atoms with Crippen LogP contribution >= 0.6 is 0 Å². The molecule has 2 N–H and O–H groups in total. The summed E-state index contributed by atoms with van der Waals surface area (Å²) < 4.78 is 5.12. The van der Waals surface area contributed by atoms with Gasteiger partial charge in [0, 0.05) is 11.6 Å². The minimum atomic E-state index is -0.404. The van der Waals surface area contributed by atoms with Gasteiger partial charge in [0.25, 0.3) is 5.91 Å². The summed E-state index contributed by atoms with van der Waals surface area (Å²) in [6, 6.07) is 18.7. The van der Waals surface area contributed by atoms with E-state index >= 15 is 0 Å². The van der Waals surface area contributed by atoms with Crippen LogP contribution in [0.15, 0.2) is 65.2 Å². The number of rotatable bonds is 3. The molecule has 112 valence electrons. The second-order valence-corrected chi connectivity index (χ2v) is 5.00. The van der Waals surface area contributed by atoms with Gasteiger partial charge in [-0.05, 0) is 12.1 Å². The number of aromatic nitrogens is 3. The highest BCUT2D eigenvalue weighted by atomic mass is 16.5. The number of aromatic amines is 1. The number of nitrogens with zero attached hydrogens (tertiary/aromatic N) is 2. The number of amides is 1. The molecule has 0 saturated carbocycles. The van der Waals surface area contributed by atoms with Gasteiger partial charge in [-0.15, -0.1) is 0 Å². The summed E-state index contributed by atoms with van der Waals surface area (Å²) in [5, 5.41) is 6.60. The molecule has 23 heavy (non-hydrogen) atoms. The van der Waals surface area contributed by atoms with Crippen molar-refractivity contribution in [2.75, 3.05) is 5.32 Å². The van der Waals surface area contributed by atoms with Crippen LogP contribution in [0.4, 0.5) is 5.95 Å². The first kappa shape index (κ1) is 13.3. The molecular weight excluding hydrogens is 292 g/mol. The van der Waals surface area contributed by atoms with Crippen LogP contribution in [0, 0.1) is 0 Å². The molecule has 0 saturated heterocycles. The van der Waals surface area contributed by atoms with Crippen LogP contribution < -0.4 is 5.32 Å². The monoisotopic (exact) mass is 304 g/mol. The molecule has 2 heterocycles. The first-order valence-corrected chi connectivity index (χ1v) is 7.08. The van der Waals surface area contributed by atoms with Crippen molar-refractivity contribution in [1.29, 1.82) is 0 Å². The molecule has 0 spiro atoms. The standard InChI is InChI=1S/C17H12N4O2/c22-16(20-17-18-12-8-4-5-9-13(12)19-17)15-10-14(21-23-15)11-6-2-1-3-7-11/h1-10H,(H2,18,19,20,22). The molecule has 4 aromatic rings. The van der Waals surface area contributed by atoms with Crippen molar-refractivity contribution >= 4 is 22.9 Å². The summed E-state index contributed by atoms with van der Waals surface area (Å²) in [6.07, 6.45) is 0. The largest absolute Gasteiger partial charge is 0.350 e. The van der Waals surface area contributed by atoms with Crippen molar-refractivity contribution in [3.05, 3.63) is 66.4 Å². The molecule has 0 radical (unpaired) electrons. The molecule has 2 aromatic carbocycles. The Kier molecular flexibility index (Phi) is 3.12. The molecule has 6 heteroatoms. The number of nitrogens with one attached hydrogen (secondary N) is 2. The maximum atomic E-state index is 12.2. The van der Waals surface area contributed by atoms with Crippen molar-refractivity contribution in [1.82, 2.24) is 15.1 Å². The zero-order valence-electron chi connectivity index (χ0n) is 12.0. The average molecular weight is 304 g/mol. The fourth-order valence-corrected chi connectivity index (χ4v) is 2.31. The number of carbonyl (C=O) groups is 1. The molecule has 2 aromatic heterocycles. The number of carbonyl (C=O) groups excluding carboxylic acids is 1. The molecule has 4 rings (SSSR count). The van der Waals surface area contributed by atoms with Crippen LogP contribution in [-0.2, 0) is 0 Å². The molecule has 0 atom stereocenters. The summed E-state index contributed by atoms with van der Waals surface area (Å²) in [5.74, 6) is 0.0944. The molecule has 0 aliphatic carbocycles. The fourth-order valence-electron chi connectivity index (χ4n) is 2.31. The third-order valence-corrected chi connectivity index (χ3v) is 3.42. The third kappa shape index (κ3) is 2.57. The summed E-state index contributed by atoms with van der Waals surface area (Å²) in [6.45, 7) is 0. The Morgan fingerprint density at radius 1 is 1.04 bits per heavy atom. The number of hydrogen-bond acceptors (Lipinski definition) is 4. The quantitative estimate of drug-likeness (QED) is 0.607. The van der Waals surface area contributed by atoms with Crippen LogP contribution in [0.2, 0.25) is 0 Å². The first-order chi connectivity index (χ1) is 11.3. The third-order valence-electron chi connectivity index (χ3n) is 3.42. The SMILES string of the molecule is O=C(Nc1nc2ccccc2[nH]1)c1cc(-c2ccccc2)no1. The number of para-hydroxylation sites is 2. The number of H-pyrrole nitrogens is 1. The van der Waals surface area contributed by atoms with Gasteiger partial charge >= 0.3 is 0 Å². The normalized spacial score (nSPS) is 10.8. The second-order valence-electron chi connectivity index (χ2n) is 5.00. The Morgan fingerprint density at radius 3 is 2.65 bits per heavy atom. The zero-order valence-corrected chi connectivity index (χ0v) is 12.0. The summed E-state index contributed by atoms with van der Waals surface area (Å²) in [4.78, 5) is 19.6. The van der Waals surface area contributed by atoms with Gasteiger partial charge in [-0.25, -0.2) is 4.98 Å². The minimum absolute atomic E-state index is 0.129. The highest BCUT2D eigenvalue weighted by Crippen LogP contribution is 2.19. The van der Waals surface area contributed by atoms with E-state index in [4.69, 9.17) is 4.52 Å². The van der Waals surface area contributed by atoms with E-state index in [-0.39, 0.29) is 5.76 Å². The van der Waals surface area contributed by atoms with E-state index in [2.05, 4.69) is 20.4 Å². The topological polar surface area (TPSA) is 83.8 Å². The van der Waals surface area contributed by atoms with Gasteiger partial charge in [0.1, 0.15) is 5.69 Å². The van der Waals surface area contributed by atoms with Gasteiger partial charge in [-0.1, -0.05) is 47.6 Å². The van der Waals surface area contributed by atoms with Crippen molar-refractivity contribution in [2.24, 2.45) is 0 Å². The molecule has 0 bridgehead atoms. The molecular formula is C17H12N4O2. The van der Waals surface area contributed by atoms with Crippen LogP contribution in [0.1, 0.15) is 10.6 Å². The van der Waals surface area contributed by atoms with E-state index in [1.807, 2.05) is 54.6 Å². The molecule has 0 aliphatic rings. The van der Waals surface area contributed by atoms with Crippen molar-refractivity contribution in [3.63, 3.8) is 0 Å². The Labute approximate surface area is 131 Å². The van der Waals surface area contributed by atoms with Crippen molar-refractivity contribution in [3.8, 4) is 11.3 Å². The molecule has 6 nitrogen and oxygen atoms in total. The second kappa shape index (κ2) is 5.42. The lowest BCUT2D eigenvalue weighted by Crippen LogP contribution is -2.11. The van der Waals surface area contributed by atoms with Gasteiger partial charge in [-0.3, -0.25) is 10.1 Å². The molecule has 1 amide bonds. The van der Waals surface area contributed by atoms with Crippen LogP contribution in [0.25, 0.3) is 22.3 Å². The maximum absolute atomic E-state index is 12.2. The van der Waals surface area contributed by atoms with E-state index in [9.17, 15) is 4.79 Å². The smallest absolute Gasteiger partial charge is 0.296 e. The van der Waals surface area contributed by atoms with Crippen LogP contribution in [0.3, 0.4) is 0 Å². The zero-order chi connectivity index (χ0) is 15.6. The summed E-state index contributed by atoms with van der Waals surface area (Å²) >= 11 is 0. The Bertz CT molecular complexity index is 939. The van der Waals surface area contributed by atoms with Gasteiger partial charge in [-0.2, -0.15) is 0 Å². The number of imidazole rings is 1. The highest BCUT2D eigenvalue weighted by Gasteiger charge is 2.15. The lowest BCUT2D eigenvalue weighted by Gasteiger charge is -1.96. The lowest BCUT2D eigenvalue weighted by atomic mass is 10.1. The van der Waals surface area contributed by atoms with E-state index in [1.165, 1.54) is 0 Å². The van der Waals surface area contributed by atoms with E-state index in [0.717, 1.165) is 16.6 Å². The average Bonchev–Trinajstić information content (AvgIpc) is 3.22. The van der Waals surface area contributed by atoms with Gasteiger partial charge in [0.2, 0.25) is 11.7 Å². The Balaban J connectivity index is 1.56. The predicted molar refractivity (Wildman–Crippen MR) is 86.0 cm³/mol. The number of fused-ring (bicyclic) bond motifs is 1. The number of benzene rings is 2. The molecule has 0 aliphatic heterocycles. The Hall–Kier alpha value is -3.41. The summed E-state index contributed by atoms with van der Waals surface area (Å²) in [7, 11) is 0. The van der Waals surface area contributed by atoms with E-state index < -0.39 is 5.91 Å². The lowest BCUT2D eigenvalue weighted by molar-refractivity contribution is 0.0987. The molecule has 0 fully saturated rings. The maximum Gasteiger partial charge on any atom is 0.296 e. The van der Waals surface area contributed by atoms with Gasteiger partial charge in [0.15, 0.2) is 0 Å². The predicted octanol–water partition coefficient (Wildman–Crippen LogP) is 3.47. The molecule has 0 unspecified atom stereocenters. The number of anilines is 1. The first-order valence-electron chi connectivity index (χ1n) is 7.08. The van der Waals surface area contributed by atoms with Crippen LogP contribution in [0.5, 0.6) is 0 Å². The van der Waals surface area contributed by atoms with Gasteiger partial charge < -0.3 is 9.51 Å². The Morgan fingerprint density at radius 2 is 1.83 bits per heavy atom. The van der Waals surface area contributed by atoms with Crippen molar-refractivity contribution in [2.45, 2.75) is 0 Å². The summed E-state index contributed by atoms with van der Waals surface area (Å²) in [5.41, 5.74) is 3.13.